The summed E-state index contributed by atoms with van der Waals surface area (Å²) in [6, 6.07) is 7.06. The molecule has 0 aliphatic carbocycles. The van der Waals surface area contributed by atoms with Gasteiger partial charge in [0.2, 0.25) is 11.8 Å². The van der Waals surface area contributed by atoms with E-state index in [-0.39, 0.29) is 5.91 Å². The number of primary amides is 1. The highest BCUT2D eigenvalue weighted by Gasteiger charge is 2.15. The minimum atomic E-state index is -0.467. The molecule has 2 amide bonds. The third-order valence-electron chi connectivity index (χ3n) is 3.34. The second-order valence-corrected chi connectivity index (χ2v) is 4.82. The standard InChI is InChI=1S/C14H19N3O2/c15-14(19)10-3-5-12(6-4-10)17-13(18)8-7-11-2-1-9-16-11/h3-6,11,16H,1-2,7-9H2,(H2,15,19)(H,17,18). The molecule has 4 N–H and O–H groups in total. The van der Waals surface area contributed by atoms with Gasteiger partial charge in [-0.3, -0.25) is 9.59 Å². The molecule has 1 aromatic rings. The third-order valence-corrected chi connectivity index (χ3v) is 3.34. The van der Waals surface area contributed by atoms with Crippen molar-refractivity contribution in [2.45, 2.75) is 31.7 Å². The van der Waals surface area contributed by atoms with Crippen molar-refractivity contribution in [2.24, 2.45) is 5.73 Å². The fourth-order valence-electron chi connectivity index (χ4n) is 2.25. The van der Waals surface area contributed by atoms with Gasteiger partial charge in [0.25, 0.3) is 0 Å². The highest BCUT2D eigenvalue weighted by molar-refractivity contribution is 5.94. The molecule has 102 valence electrons. The maximum Gasteiger partial charge on any atom is 0.248 e. The Labute approximate surface area is 112 Å². The first-order valence-electron chi connectivity index (χ1n) is 6.58. The number of benzene rings is 1. The number of nitrogens with two attached hydrogens (primary N) is 1. The van der Waals surface area contributed by atoms with Crippen LogP contribution in [0.3, 0.4) is 0 Å². The van der Waals surface area contributed by atoms with Gasteiger partial charge in [0.15, 0.2) is 0 Å². The summed E-state index contributed by atoms with van der Waals surface area (Å²) in [5.41, 5.74) is 6.28. The van der Waals surface area contributed by atoms with Crippen molar-refractivity contribution in [1.82, 2.24) is 5.32 Å². The Bertz CT molecular complexity index is 450. The topological polar surface area (TPSA) is 84.2 Å². The summed E-state index contributed by atoms with van der Waals surface area (Å²) in [6.07, 6.45) is 3.72. The van der Waals surface area contributed by atoms with Gasteiger partial charge in [0.05, 0.1) is 0 Å². The fraction of sp³-hybridized carbons (Fsp3) is 0.429. The van der Waals surface area contributed by atoms with Gasteiger partial charge in [0.1, 0.15) is 0 Å². The van der Waals surface area contributed by atoms with Crippen LogP contribution in [0.2, 0.25) is 0 Å². The van der Waals surface area contributed by atoms with Gasteiger partial charge >= 0.3 is 0 Å². The van der Waals surface area contributed by atoms with Gasteiger partial charge in [-0.25, -0.2) is 0 Å². The van der Waals surface area contributed by atoms with E-state index in [9.17, 15) is 9.59 Å². The summed E-state index contributed by atoms with van der Waals surface area (Å²) in [5.74, 6) is -0.467. The van der Waals surface area contributed by atoms with E-state index in [0.29, 0.717) is 23.7 Å². The van der Waals surface area contributed by atoms with Crippen molar-refractivity contribution in [3.05, 3.63) is 29.8 Å². The van der Waals surface area contributed by atoms with Crippen LogP contribution in [-0.2, 0) is 4.79 Å². The van der Waals surface area contributed by atoms with E-state index in [4.69, 9.17) is 5.73 Å². The number of carbonyl (C=O) groups excluding carboxylic acids is 2. The predicted molar refractivity (Wildman–Crippen MR) is 73.8 cm³/mol. The molecule has 1 saturated heterocycles. The maximum absolute atomic E-state index is 11.8. The van der Waals surface area contributed by atoms with Crippen molar-refractivity contribution in [1.29, 1.82) is 0 Å². The minimum Gasteiger partial charge on any atom is -0.366 e. The van der Waals surface area contributed by atoms with E-state index in [1.807, 2.05) is 0 Å². The molecule has 1 unspecified atom stereocenters. The minimum absolute atomic E-state index is 0.000486. The van der Waals surface area contributed by atoms with Crippen LogP contribution in [0, 0.1) is 0 Å². The first kappa shape index (κ1) is 13.5. The SMILES string of the molecule is NC(=O)c1ccc(NC(=O)CCC2CCCN2)cc1. The molecule has 19 heavy (non-hydrogen) atoms. The molecule has 0 spiro atoms. The quantitative estimate of drug-likeness (QED) is 0.746. The summed E-state index contributed by atoms with van der Waals surface area (Å²) >= 11 is 0. The molecule has 1 fully saturated rings. The Morgan fingerprint density at radius 1 is 1.32 bits per heavy atom. The monoisotopic (exact) mass is 261 g/mol. The van der Waals surface area contributed by atoms with Crippen LogP contribution in [0.15, 0.2) is 24.3 Å². The zero-order chi connectivity index (χ0) is 13.7. The van der Waals surface area contributed by atoms with Crippen molar-refractivity contribution in [3.63, 3.8) is 0 Å². The third kappa shape index (κ3) is 4.06. The van der Waals surface area contributed by atoms with Crippen molar-refractivity contribution >= 4 is 17.5 Å². The second-order valence-electron chi connectivity index (χ2n) is 4.82. The molecule has 2 rings (SSSR count). The molecule has 0 radical (unpaired) electrons. The summed E-state index contributed by atoms with van der Waals surface area (Å²) in [6.45, 7) is 1.06. The van der Waals surface area contributed by atoms with Crippen LogP contribution in [-0.4, -0.2) is 24.4 Å². The molecule has 1 aliphatic heterocycles. The number of nitrogens with one attached hydrogen (secondary N) is 2. The van der Waals surface area contributed by atoms with E-state index in [2.05, 4.69) is 10.6 Å². The number of hydrogen-bond donors (Lipinski definition) is 3. The van der Waals surface area contributed by atoms with E-state index in [1.54, 1.807) is 24.3 Å². The summed E-state index contributed by atoms with van der Waals surface area (Å²) in [7, 11) is 0. The Balaban J connectivity index is 1.79. The molecule has 1 heterocycles. The number of rotatable bonds is 5. The molecular formula is C14H19N3O2. The van der Waals surface area contributed by atoms with Crippen LogP contribution in [0.5, 0.6) is 0 Å². The average molecular weight is 261 g/mol. The molecule has 1 aromatic carbocycles. The molecule has 5 heteroatoms. The average Bonchev–Trinajstić information content (AvgIpc) is 2.90. The van der Waals surface area contributed by atoms with Gasteiger partial charge in [-0.05, 0) is 50.1 Å². The molecule has 5 nitrogen and oxygen atoms in total. The lowest BCUT2D eigenvalue weighted by Crippen LogP contribution is -2.23. The van der Waals surface area contributed by atoms with Crippen LogP contribution in [0.4, 0.5) is 5.69 Å². The van der Waals surface area contributed by atoms with E-state index in [1.165, 1.54) is 6.42 Å². The Kier molecular flexibility index (Phi) is 4.52. The van der Waals surface area contributed by atoms with Crippen LogP contribution in [0.1, 0.15) is 36.0 Å². The zero-order valence-electron chi connectivity index (χ0n) is 10.8. The van der Waals surface area contributed by atoms with Gasteiger partial charge in [-0.15, -0.1) is 0 Å². The van der Waals surface area contributed by atoms with Gasteiger partial charge < -0.3 is 16.4 Å². The van der Waals surface area contributed by atoms with Gasteiger partial charge in [0, 0.05) is 23.7 Å². The number of anilines is 1. The van der Waals surface area contributed by atoms with Crippen LogP contribution < -0.4 is 16.4 Å². The van der Waals surface area contributed by atoms with Crippen LogP contribution in [0.25, 0.3) is 0 Å². The second kappa shape index (κ2) is 6.33. The molecular weight excluding hydrogens is 242 g/mol. The molecule has 1 atom stereocenters. The number of carbonyl (C=O) groups is 2. The van der Waals surface area contributed by atoms with E-state index in [0.717, 1.165) is 19.4 Å². The zero-order valence-corrected chi connectivity index (χ0v) is 10.8. The smallest absolute Gasteiger partial charge is 0.248 e. The lowest BCUT2D eigenvalue weighted by molar-refractivity contribution is -0.116. The Morgan fingerprint density at radius 3 is 2.63 bits per heavy atom. The largest absolute Gasteiger partial charge is 0.366 e. The Morgan fingerprint density at radius 2 is 2.05 bits per heavy atom. The first-order valence-corrected chi connectivity index (χ1v) is 6.58. The van der Waals surface area contributed by atoms with Crippen LogP contribution >= 0.6 is 0 Å². The summed E-state index contributed by atoms with van der Waals surface area (Å²) < 4.78 is 0. The normalized spacial score (nSPS) is 18.2. The highest BCUT2D eigenvalue weighted by atomic mass is 16.1. The first-order chi connectivity index (χ1) is 9.15. The summed E-state index contributed by atoms with van der Waals surface area (Å²) in [4.78, 5) is 22.7. The van der Waals surface area contributed by atoms with Gasteiger partial charge in [-0.1, -0.05) is 0 Å². The predicted octanol–water partition coefficient (Wildman–Crippen LogP) is 1.26. The molecule has 0 aromatic heterocycles. The highest BCUT2D eigenvalue weighted by Crippen LogP contribution is 2.13. The molecule has 1 aliphatic rings. The summed E-state index contributed by atoms with van der Waals surface area (Å²) in [5, 5.41) is 6.18. The molecule has 0 bridgehead atoms. The lowest BCUT2D eigenvalue weighted by atomic mass is 10.1. The van der Waals surface area contributed by atoms with Crippen molar-refractivity contribution in [2.75, 3.05) is 11.9 Å². The fourth-order valence-corrected chi connectivity index (χ4v) is 2.25. The molecule has 0 saturated carbocycles. The van der Waals surface area contributed by atoms with Crippen molar-refractivity contribution in [3.8, 4) is 0 Å². The number of hydrogen-bond acceptors (Lipinski definition) is 3. The lowest BCUT2D eigenvalue weighted by Gasteiger charge is -2.10. The van der Waals surface area contributed by atoms with Crippen molar-refractivity contribution < 1.29 is 9.59 Å². The van der Waals surface area contributed by atoms with E-state index >= 15 is 0 Å². The van der Waals surface area contributed by atoms with Gasteiger partial charge in [-0.2, -0.15) is 0 Å². The Hall–Kier alpha value is -1.88. The number of amides is 2. The van der Waals surface area contributed by atoms with E-state index < -0.39 is 5.91 Å². The maximum atomic E-state index is 11.8.